The Balaban J connectivity index is 1.49. The van der Waals surface area contributed by atoms with E-state index in [4.69, 9.17) is 0 Å². The van der Waals surface area contributed by atoms with E-state index in [2.05, 4.69) is 23.1 Å². The van der Waals surface area contributed by atoms with Crippen LogP contribution in [0.15, 0.2) is 85.3 Å². The van der Waals surface area contributed by atoms with Gasteiger partial charge in [0.1, 0.15) is 11.4 Å². The van der Waals surface area contributed by atoms with E-state index in [1.165, 1.54) is 35.0 Å². The minimum atomic E-state index is -0.327. The van der Waals surface area contributed by atoms with Gasteiger partial charge in [-0.25, -0.2) is 9.07 Å². The molecule has 0 unspecified atom stereocenters. The van der Waals surface area contributed by atoms with Gasteiger partial charge >= 0.3 is 0 Å². The fourth-order valence-corrected chi connectivity index (χ4v) is 3.97. The Morgan fingerprint density at radius 1 is 1.03 bits per heavy atom. The average Bonchev–Trinajstić information content (AvgIpc) is 3.44. The maximum absolute atomic E-state index is 13.4. The van der Waals surface area contributed by atoms with Gasteiger partial charge in [0.15, 0.2) is 5.82 Å². The SMILES string of the molecule is C=C1CCc2cc(NC(=O)c3cnn(-c4ccc(F)cc4)c3-n3cccc3)ccc2C1. The molecular formula is C25H21FN4O. The number of carbonyl (C=O) groups is 1. The number of rotatable bonds is 4. The number of amides is 1. The van der Waals surface area contributed by atoms with Gasteiger partial charge in [-0.15, -0.1) is 0 Å². The lowest BCUT2D eigenvalue weighted by molar-refractivity contribution is 0.102. The Morgan fingerprint density at radius 2 is 1.81 bits per heavy atom. The largest absolute Gasteiger partial charge is 0.322 e. The lowest BCUT2D eigenvalue weighted by atomic mass is 9.88. The molecule has 0 saturated carbocycles. The molecular weight excluding hydrogens is 391 g/mol. The normalized spacial score (nSPS) is 13.1. The first-order valence-electron chi connectivity index (χ1n) is 10.2. The smallest absolute Gasteiger partial charge is 0.261 e. The van der Waals surface area contributed by atoms with Crippen LogP contribution >= 0.6 is 0 Å². The molecule has 0 radical (unpaired) electrons. The summed E-state index contributed by atoms with van der Waals surface area (Å²) >= 11 is 0. The Labute approximate surface area is 179 Å². The second-order valence-electron chi connectivity index (χ2n) is 7.72. The van der Waals surface area contributed by atoms with E-state index in [1.54, 1.807) is 16.8 Å². The molecule has 2 heterocycles. The predicted octanol–water partition coefficient (Wildman–Crippen LogP) is 5.10. The van der Waals surface area contributed by atoms with Gasteiger partial charge in [-0.1, -0.05) is 18.2 Å². The first kappa shape index (κ1) is 19.1. The van der Waals surface area contributed by atoms with E-state index in [1.807, 2.05) is 41.2 Å². The van der Waals surface area contributed by atoms with Crippen molar-refractivity contribution in [1.29, 1.82) is 0 Å². The van der Waals surface area contributed by atoms with E-state index in [0.717, 1.165) is 24.9 Å². The molecule has 1 aliphatic carbocycles. The van der Waals surface area contributed by atoms with Crippen LogP contribution in [0.2, 0.25) is 0 Å². The first-order valence-corrected chi connectivity index (χ1v) is 10.2. The second kappa shape index (κ2) is 7.72. The molecule has 0 bridgehead atoms. The summed E-state index contributed by atoms with van der Waals surface area (Å²) in [5, 5.41) is 7.42. The van der Waals surface area contributed by atoms with Crippen molar-refractivity contribution >= 4 is 11.6 Å². The molecule has 0 fully saturated rings. The number of halogens is 1. The topological polar surface area (TPSA) is 51.9 Å². The highest BCUT2D eigenvalue weighted by molar-refractivity contribution is 6.06. The predicted molar refractivity (Wildman–Crippen MR) is 118 cm³/mol. The summed E-state index contributed by atoms with van der Waals surface area (Å²) in [5.41, 5.74) is 5.60. The summed E-state index contributed by atoms with van der Waals surface area (Å²) in [6.45, 7) is 4.09. The highest BCUT2D eigenvalue weighted by Gasteiger charge is 2.21. The number of benzene rings is 2. The molecule has 1 amide bonds. The molecule has 154 valence electrons. The van der Waals surface area contributed by atoms with Crippen LogP contribution in [0.1, 0.15) is 27.9 Å². The van der Waals surface area contributed by atoms with Gasteiger partial charge in [0.2, 0.25) is 0 Å². The molecule has 5 nitrogen and oxygen atoms in total. The Morgan fingerprint density at radius 3 is 2.58 bits per heavy atom. The third kappa shape index (κ3) is 3.68. The lowest BCUT2D eigenvalue weighted by Gasteiger charge is -2.19. The van der Waals surface area contributed by atoms with Crippen LogP contribution in [0.25, 0.3) is 11.5 Å². The number of hydrogen-bond donors (Lipinski definition) is 1. The maximum Gasteiger partial charge on any atom is 0.261 e. The number of nitrogens with zero attached hydrogens (tertiary/aromatic N) is 3. The number of hydrogen-bond acceptors (Lipinski definition) is 2. The molecule has 2 aromatic carbocycles. The molecule has 0 saturated heterocycles. The molecule has 0 aliphatic heterocycles. The van der Waals surface area contributed by atoms with Crippen molar-refractivity contribution in [1.82, 2.24) is 14.3 Å². The van der Waals surface area contributed by atoms with Crippen LogP contribution in [0.4, 0.5) is 10.1 Å². The second-order valence-corrected chi connectivity index (χ2v) is 7.72. The molecule has 0 atom stereocenters. The molecule has 0 spiro atoms. The van der Waals surface area contributed by atoms with Crippen molar-refractivity contribution in [3.63, 3.8) is 0 Å². The zero-order valence-corrected chi connectivity index (χ0v) is 16.9. The number of aryl methyl sites for hydroxylation is 1. The van der Waals surface area contributed by atoms with Crippen LogP contribution in [0.3, 0.4) is 0 Å². The van der Waals surface area contributed by atoms with Crippen molar-refractivity contribution in [2.45, 2.75) is 19.3 Å². The fraction of sp³-hybridized carbons (Fsp3) is 0.120. The van der Waals surface area contributed by atoms with Crippen LogP contribution in [-0.2, 0) is 12.8 Å². The van der Waals surface area contributed by atoms with Crippen LogP contribution < -0.4 is 5.32 Å². The van der Waals surface area contributed by atoms with Gasteiger partial charge in [-0.2, -0.15) is 5.10 Å². The molecule has 1 N–H and O–H groups in total. The zero-order valence-electron chi connectivity index (χ0n) is 16.9. The minimum Gasteiger partial charge on any atom is -0.322 e. The zero-order chi connectivity index (χ0) is 21.4. The summed E-state index contributed by atoms with van der Waals surface area (Å²) in [6.07, 6.45) is 8.04. The van der Waals surface area contributed by atoms with Crippen molar-refractivity contribution in [3.05, 3.63) is 108 Å². The molecule has 31 heavy (non-hydrogen) atoms. The Kier molecular flexibility index (Phi) is 4.75. The van der Waals surface area contributed by atoms with Crippen molar-refractivity contribution in [3.8, 4) is 11.5 Å². The van der Waals surface area contributed by atoms with E-state index in [9.17, 15) is 9.18 Å². The van der Waals surface area contributed by atoms with Gasteiger partial charge in [-0.3, -0.25) is 4.79 Å². The fourth-order valence-electron chi connectivity index (χ4n) is 3.97. The van der Waals surface area contributed by atoms with Crippen molar-refractivity contribution < 1.29 is 9.18 Å². The molecule has 4 aromatic rings. The Bertz CT molecular complexity index is 1270. The third-order valence-electron chi connectivity index (χ3n) is 5.56. The summed E-state index contributed by atoms with van der Waals surface area (Å²) in [4.78, 5) is 13.2. The number of carbonyl (C=O) groups excluding carboxylic acids is 1. The van der Waals surface area contributed by atoms with Crippen molar-refractivity contribution in [2.24, 2.45) is 0 Å². The van der Waals surface area contributed by atoms with E-state index in [-0.39, 0.29) is 11.7 Å². The van der Waals surface area contributed by atoms with Gasteiger partial charge in [0.05, 0.1) is 11.9 Å². The van der Waals surface area contributed by atoms with Gasteiger partial charge < -0.3 is 9.88 Å². The lowest BCUT2D eigenvalue weighted by Crippen LogP contribution is -2.16. The number of fused-ring (bicyclic) bond motifs is 1. The number of nitrogens with one attached hydrogen (secondary N) is 1. The summed E-state index contributed by atoms with van der Waals surface area (Å²) in [7, 11) is 0. The average molecular weight is 412 g/mol. The summed E-state index contributed by atoms with van der Waals surface area (Å²) in [5.74, 6) is 0.00738. The molecule has 1 aliphatic rings. The van der Waals surface area contributed by atoms with Crippen molar-refractivity contribution in [2.75, 3.05) is 5.32 Å². The molecule has 5 rings (SSSR count). The summed E-state index contributed by atoms with van der Waals surface area (Å²) < 4.78 is 16.8. The minimum absolute atomic E-state index is 0.253. The molecule has 2 aromatic heterocycles. The van der Waals surface area contributed by atoms with Gasteiger partial charge in [-0.05, 0) is 78.9 Å². The number of anilines is 1. The molecule has 6 heteroatoms. The highest BCUT2D eigenvalue weighted by Crippen LogP contribution is 2.27. The number of allylic oxidation sites excluding steroid dienone is 1. The third-order valence-corrected chi connectivity index (χ3v) is 5.56. The first-order chi connectivity index (χ1) is 15.1. The van der Waals surface area contributed by atoms with Crippen LogP contribution in [-0.4, -0.2) is 20.3 Å². The van der Waals surface area contributed by atoms with Gasteiger partial charge in [0, 0.05) is 18.1 Å². The standard InChI is InChI=1S/C25H21FN4O/c1-17-4-5-19-15-21(9-6-18(19)14-17)28-24(31)23-16-27-30(22-10-7-20(26)8-11-22)25(23)29-12-2-3-13-29/h2-3,6-13,15-16H,1,4-5,14H2,(H,28,31). The van der Waals surface area contributed by atoms with Crippen LogP contribution in [0.5, 0.6) is 0 Å². The Hall–Kier alpha value is -3.93. The quantitative estimate of drug-likeness (QED) is 0.474. The van der Waals surface area contributed by atoms with E-state index < -0.39 is 0 Å². The van der Waals surface area contributed by atoms with Crippen LogP contribution in [0, 0.1) is 5.82 Å². The van der Waals surface area contributed by atoms with E-state index >= 15 is 0 Å². The van der Waals surface area contributed by atoms with E-state index in [0.29, 0.717) is 17.1 Å². The number of aromatic nitrogens is 3. The maximum atomic E-state index is 13.4. The summed E-state index contributed by atoms with van der Waals surface area (Å²) in [6, 6.07) is 15.8. The monoisotopic (exact) mass is 412 g/mol. The van der Waals surface area contributed by atoms with Gasteiger partial charge in [0.25, 0.3) is 5.91 Å². The highest BCUT2D eigenvalue weighted by atomic mass is 19.1.